The molecule has 0 aliphatic carbocycles. The highest BCUT2D eigenvalue weighted by molar-refractivity contribution is 9.10. The average Bonchev–Trinajstić information content (AvgIpc) is 3.08. The Bertz CT molecular complexity index is 1080. The van der Waals surface area contributed by atoms with Crippen molar-refractivity contribution in [2.24, 2.45) is 0 Å². The number of rotatable bonds is 3. The Morgan fingerprint density at radius 1 is 1.15 bits per heavy atom. The van der Waals surface area contributed by atoms with E-state index in [2.05, 4.69) is 31.2 Å². The lowest BCUT2D eigenvalue weighted by Gasteiger charge is -2.07. The van der Waals surface area contributed by atoms with Gasteiger partial charge in [0.25, 0.3) is 5.91 Å². The molecular formula is C19H12BrFN4O. The maximum Gasteiger partial charge on any atom is 0.256 e. The largest absolute Gasteiger partial charge is 0.322 e. The highest BCUT2D eigenvalue weighted by Gasteiger charge is 2.12. The number of hydrogen-bond acceptors (Lipinski definition) is 3. The quantitative estimate of drug-likeness (QED) is 0.538. The molecule has 2 aromatic carbocycles. The first-order valence-electron chi connectivity index (χ1n) is 7.77. The van der Waals surface area contributed by atoms with Crippen LogP contribution in [0.3, 0.4) is 0 Å². The molecule has 128 valence electrons. The summed E-state index contributed by atoms with van der Waals surface area (Å²) in [7, 11) is 0. The van der Waals surface area contributed by atoms with Crippen LogP contribution in [0, 0.1) is 5.82 Å². The first kappa shape index (κ1) is 16.4. The number of nitrogens with one attached hydrogen (secondary N) is 1. The molecule has 1 amide bonds. The van der Waals surface area contributed by atoms with E-state index < -0.39 is 5.82 Å². The van der Waals surface area contributed by atoms with E-state index in [9.17, 15) is 9.18 Å². The van der Waals surface area contributed by atoms with Gasteiger partial charge in [0, 0.05) is 34.3 Å². The summed E-state index contributed by atoms with van der Waals surface area (Å²) >= 11 is 3.26. The SMILES string of the molecule is O=C(Nc1ccc(-c2cn3cccnc3n2)cc1)c1cc(F)ccc1Br. The van der Waals surface area contributed by atoms with Crippen LogP contribution in [0.5, 0.6) is 0 Å². The van der Waals surface area contributed by atoms with Gasteiger partial charge in [0.1, 0.15) is 5.82 Å². The minimum absolute atomic E-state index is 0.237. The van der Waals surface area contributed by atoms with Gasteiger partial charge in [0.2, 0.25) is 5.78 Å². The Balaban J connectivity index is 1.56. The van der Waals surface area contributed by atoms with Gasteiger partial charge >= 0.3 is 0 Å². The zero-order valence-electron chi connectivity index (χ0n) is 13.4. The van der Waals surface area contributed by atoms with Crippen LogP contribution >= 0.6 is 15.9 Å². The number of fused-ring (bicyclic) bond motifs is 1. The lowest BCUT2D eigenvalue weighted by Crippen LogP contribution is -2.12. The molecule has 26 heavy (non-hydrogen) atoms. The van der Waals surface area contributed by atoms with E-state index in [-0.39, 0.29) is 11.5 Å². The summed E-state index contributed by atoms with van der Waals surface area (Å²) in [6.07, 6.45) is 5.46. The minimum Gasteiger partial charge on any atom is -0.322 e. The fourth-order valence-corrected chi connectivity index (χ4v) is 2.99. The van der Waals surface area contributed by atoms with Crippen molar-refractivity contribution in [3.63, 3.8) is 0 Å². The number of carbonyl (C=O) groups is 1. The molecule has 2 aromatic heterocycles. The third kappa shape index (κ3) is 3.21. The Kier molecular flexibility index (Phi) is 4.22. The zero-order valence-corrected chi connectivity index (χ0v) is 14.9. The van der Waals surface area contributed by atoms with E-state index in [1.807, 2.05) is 35.0 Å². The second-order valence-electron chi connectivity index (χ2n) is 5.61. The Hall–Kier alpha value is -3.06. The summed E-state index contributed by atoms with van der Waals surface area (Å²) in [4.78, 5) is 21.0. The first-order valence-corrected chi connectivity index (χ1v) is 8.56. The van der Waals surface area contributed by atoms with Gasteiger partial charge in [-0.05, 0) is 52.3 Å². The number of amides is 1. The number of hydrogen-bond donors (Lipinski definition) is 1. The van der Waals surface area contributed by atoms with Crippen molar-refractivity contribution in [3.05, 3.63) is 83.0 Å². The summed E-state index contributed by atoms with van der Waals surface area (Å²) in [5.74, 6) is -0.231. The Morgan fingerprint density at radius 2 is 1.96 bits per heavy atom. The molecule has 5 nitrogen and oxygen atoms in total. The molecule has 0 radical (unpaired) electrons. The molecule has 0 unspecified atom stereocenters. The van der Waals surface area contributed by atoms with Gasteiger partial charge in [-0.3, -0.25) is 9.20 Å². The van der Waals surface area contributed by atoms with Crippen LogP contribution in [-0.4, -0.2) is 20.3 Å². The Morgan fingerprint density at radius 3 is 2.73 bits per heavy atom. The van der Waals surface area contributed by atoms with Gasteiger partial charge in [0.05, 0.1) is 11.3 Å². The molecule has 7 heteroatoms. The van der Waals surface area contributed by atoms with Gasteiger partial charge in [-0.2, -0.15) is 0 Å². The van der Waals surface area contributed by atoms with Crippen LogP contribution in [0.25, 0.3) is 17.0 Å². The highest BCUT2D eigenvalue weighted by atomic mass is 79.9. The predicted molar refractivity (Wildman–Crippen MR) is 100 cm³/mol. The molecular weight excluding hydrogens is 399 g/mol. The molecule has 0 saturated heterocycles. The van der Waals surface area contributed by atoms with Crippen molar-refractivity contribution in [3.8, 4) is 11.3 Å². The summed E-state index contributed by atoms with van der Waals surface area (Å²) in [6.45, 7) is 0. The number of aromatic nitrogens is 3. The number of nitrogens with zero attached hydrogens (tertiary/aromatic N) is 3. The smallest absolute Gasteiger partial charge is 0.256 e. The molecule has 0 aliphatic heterocycles. The monoisotopic (exact) mass is 410 g/mol. The lowest BCUT2D eigenvalue weighted by atomic mass is 10.1. The van der Waals surface area contributed by atoms with Crippen molar-refractivity contribution in [2.45, 2.75) is 0 Å². The zero-order chi connectivity index (χ0) is 18.1. The average molecular weight is 411 g/mol. The van der Waals surface area contributed by atoms with E-state index in [1.165, 1.54) is 18.2 Å². The van der Waals surface area contributed by atoms with Crippen molar-refractivity contribution in [2.75, 3.05) is 5.32 Å². The van der Waals surface area contributed by atoms with Crippen molar-refractivity contribution in [1.82, 2.24) is 14.4 Å². The number of halogens is 2. The lowest BCUT2D eigenvalue weighted by molar-refractivity contribution is 0.102. The summed E-state index contributed by atoms with van der Waals surface area (Å²) in [5, 5.41) is 2.76. The second kappa shape index (κ2) is 6.68. The number of anilines is 1. The maximum absolute atomic E-state index is 13.4. The predicted octanol–water partition coefficient (Wildman–Crippen LogP) is 4.55. The van der Waals surface area contributed by atoms with Crippen LogP contribution in [0.2, 0.25) is 0 Å². The molecule has 2 heterocycles. The van der Waals surface area contributed by atoms with Gasteiger partial charge in [0.15, 0.2) is 0 Å². The first-order chi connectivity index (χ1) is 12.6. The third-order valence-electron chi connectivity index (χ3n) is 3.85. The number of benzene rings is 2. The molecule has 4 aromatic rings. The summed E-state index contributed by atoms with van der Waals surface area (Å²) in [5.41, 5.74) is 2.53. The fraction of sp³-hybridized carbons (Fsp3) is 0. The van der Waals surface area contributed by atoms with Crippen LogP contribution in [0.1, 0.15) is 10.4 Å². The fourth-order valence-electron chi connectivity index (χ4n) is 2.56. The van der Waals surface area contributed by atoms with Crippen LogP contribution in [0.15, 0.2) is 71.6 Å². The van der Waals surface area contributed by atoms with Crippen LogP contribution in [-0.2, 0) is 0 Å². The van der Waals surface area contributed by atoms with Gasteiger partial charge in [-0.1, -0.05) is 12.1 Å². The normalized spacial score (nSPS) is 10.8. The molecule has 4 rings (SSSR count). The molecule has 0 fully saturated rings. The van der Waals surface area contributed by atoms with E-state index in [4.69, 9.17) is 0 Å². The van der Waals surface area contributed by atoms with Crippen LogP contribution in [0.4, 0.5) is 10.1 Å². The van der Waals surface area contributed by atoms with Gasteiger partial charge in [-0.15, -0.1) is 0 Å². The number of carbonyl (C=O) groups excluding carboxylic acids is 1. The van der Waals surface area contributed by atoms with E-state index in [0.29, 0.717) is 15.9 Å². The topological polar surface area (TPSA) is 59.3 Å². The Labute approximate surface area is 156 Å². The van der Waals surface area contributed by atoms with Crippen molar-refractivity contribution in [1.29, 1.82) is 0 Å². The number of imidazole rings is 1. The summed E-state index contributed by atoms with van der Waals surface area (Å²) in [6, 6.07) is 13.1. The van der Waals surface area contributed by atoms with E-state index >= 15 is 0 Å². The van der Waals surface area contributed by atoms with Crippen molar-refractivity contribution < 1.29 is 9.18 Å². The molecule has 0 aliphatic rings. The maximum atomic E-state index is 13.4. The van der Waals surface area contributed by atoms with E-state index in [1.54, 1.807) is 18.3 Å². The van der Waals surface area contributed by atoms with E-state index in [0.717, 1.165) is 11.3 Å². The second-order valence-corrected chi connectivity index (χ2v) is 6.46. The molecule has 0 atom stereocenters. The third-order valence-corrected chi connectivity index (χ3v) is 4.54. The standard InChI is InChI=1S/C19H12BrFN4O/c20-16-7-4-13(21)10-15(16)18(26)23-14-5-2-12(3-6-14)17-11-25-9-1-8-22-19(25)24-17/h1-11H,(H,23,26). The molecule has 0 spiro atoms. The summed E-state index contributed by atoms with van der Waals surface area (Å²) < 4.78 is 15.7. The van der Waals surface area contributed by atoms with Gasteiger partial charge in [-0.25, -0.2) is 14.4 Å². The van der Waals surface area contributed by atoms with Crippen molar-refractivity contribution >= 4 is 33.3 Å². The molecule has 0 saturated carbocycles. The molecule has 1 N–H and O–H groups in total. The highest BCUT2D eigenvalue weighted by Crippen LogP contribution is 2.23. The van der Waals surface area contributed by atoms with Gasteiger partial charge < -0.3 is 5.32 Å². The van der Waals surface area contributed by atoms with Crippen LogP contribution < -0.4 is 5.32 Å². The molecule has 0 bridgehead atoms. The minimum atomic E-state index is -0.464.